The van der Waals surface area contributed by atoms with Crippen molar-refractivity contribution in [1.82, 2.24) is 4.57 Å². The lowest BCUT2D eigenvalue weighted by atomic mass is 10.0. The molecule has 0 aliphatic carbocycles. The Morgan fingerprint density at radius 3 is 1.94 bits per heavy atom. The van der Waals surface area contributed by atoms with Crippen LogP contribution in [0.25, 0.3) is 33.1 Å². The highest BCUT2D eigenvalue weighted by molar-refractivity contribution is 6.10. The third-order valence-corrected chi connectivity index (χ3v) is 5.49. The van der Waals surface area contributed by atoms with Gasteiger partial charge in [-0.05, 0) is 55.3 Å². The van der Waals surface area contributed by atoms with Crippen molar-refractivity contribution < 1.29 is 0 Å². The van der Waals surface area contributed by atoms with E-state index < -0.39 is 0 Å². The molecule has 0 aliphatic heterocycles. The van der Waals surface area contributed by atoms with Crippen LogP contribution in [0.4, 0.5) is 0 Å². The van der Waals surface area contributed by atoms with Gasteiger partial charge in [0, 0.05) is 16.5 Å². The van der Waals surface area contributed by atoms with Crippen LogP contribution in [0.3, 0.4) is 0 Å². The predicted molar refractivity (Wildman–Crippen MR) is 136 cm³/mol. The Kier molecular flexibility index (Phi) is 6.14. The number of hydrogen-bond donors (Lipinski definition) is 0. The summed E-state index contributed by atoms with van der Waals surface area (Å²) in [5.41, 5.74) is 7.33. The van der Waals surface area contributed by atoms with E-state index in [1.807, 2.05) is 24.3 Å². The number of allylic oxidation sites excluding steroid dienone is 3. The molecule has 31 heavy (non-hydrogen) atoms. The number of benzene rings is 4. The second-order valence-electron chi connectivity index (χ2n) is 7.52. The Labute approximate surface area is 184 Å². The molecule has 152 valence electrons. The molecule has 0 spiro atoms. The fourth-order valence-electron chi connectivity index (χ4n) is 3.94. The maximum Gasteiger partial charge on any atom is 0.0541 e. The molecule has 0 atom stereocenters. The summed E-state index contributed by atoms with van der Waals surface area (Å²) in [5.74, 6) is 0. The van der Waals surface area contributed by atoms with Gasteiger partial charge in [0.1, 0.15) is 0 Å². The molecule has 0 amide bonds. The van der Waals surface area contributed by atoms with Gasteiger partial charge in [0.25, 0.3) is 0 Å². The minimum Gasteiger partial charge on any atom is -0.309 e. The molecule has 1 nitrogen and oxygen atoms in total. The summed E-state index contributed by atoms with van der Waals surface area (Å²) in [6.45, 7) is 8.06. The van der Waals surface area contributed by atoms with E-state index in [0.717, 1.165) is 5.57 Å². The maximum atomic E-state index is 3.93. The maximum absolute atomic E-state index is 3.93. The number of fused-ring (bicyclic) bond motifs is 3. The highest BCUT2D eigenvalue weighted by Crippen LogP contribution is 2.33. The molecule has 5 aromatic rings. The molecule has 1 aromatic heterocycles. The molecule has 0 radical (unpaired) electrons. The number of rotatable bonds is 3. The van der Waals surface area contributed by atoms with Gasteiger partial charge >= 0.3 is 0 Å². The third-order valence-electron chi connectivity index (χ3n) is 5.49. The first-order valence-corrected chi connectivity index (χ1v) is 10.6. The van der Waals surface area contributed by atoms with Crippen LogP contribution >= 0.6 is 0 Å². The molecule has 1 heterocycles. The highest BCUT2D eigenvalue weighted by atomic mass is 15.0. The highest BCUT2D eigenvalue weighted by Gasteiger charge is 2.12. The fraction of sp³-hybridized carbons (Fsp3) is 0.0667. The molecule has 5 rings (SSSR count). The first-order valence-electron chi connectivity index (χ1n) is 10.6. The van der Waals surface area contributed by atoms with Crippen molar-refractivity contribution in [3.63, 3.8) is 0 Å². The molecule has 1 heteroatoms. The summed E-state index contributed by atoms with van der Waals surface area (Å²) in [6.07, 6.45) is 4.02. The van der Waals surface area contributed by atoms with Crippen molar-refractivity contribution in [3.05, 3.63) is 133 Å². The Bertz CT molecular complexity index is 1340. The lowest BCUT2D eigenvalue weighted by Crippen LogP contribution is -1.93. The minimum absolute atomic E-state index is 1.16. The van der Waals surface area contributed by atoms with E-state index in [2.05, 4.69) is 116 Å². The fourth-order valence-corrected chi connectivity index (χ4v) is 3.94. The lowest BCUT2D eigenvalue weighted by Gasteiger charge is -2.08. The molecule has 0 saturated carbocycles. The third kappa shape index (κ3) is 4.22. The zero-order valence-corrected chi connectivity index (χ0v) is 18.1. The quantitative estimate of drug-likeness (QED) is 0.268. The molecule has 0 unspecified atom stereocenters. The van der Waals surface area contributed by atoms with Crippen molar-refractivity contribution >= 4 is 27.4 Å². The topological polar surface area (TPSA) is 4.93 Å². The number of para-hydroxylation sites is 2. The smallest absolute Gasteiger partial charge is 0.0541 e. The van der Waals surface area contributed by atoms with Crippen LogP contribution in [-0.4, -0.2) is 4.57 Å². The van der Waals surface area contributed by atoms with Gasteiger partial charge in [0.05, 0.1) is 11.0 Å². The Morgan fingerprint density at radius 1 is 0.710 bits per heavy atom. The number of aromatic nitrogens is 1. The van der Waals surface area contributed by atoms with Crippen molar-refractivity contribution in [3.8, 4) is 5.69 Å². The van der Waals surface area contributed by atoms with Crippen LogP contribution in [-0.2, 0) is 0 Å². The summed E-state index contributed by atoms with van der Waals surface area (Å²) < 4.78 is 2.33. The van der Waals surface area contributed by atoms with Crippen molar-refractivity contribution in [2.75, 3.05) is 0 Å². The molecule has 0 fully saturated rings. The van der Waals surface area contributed by atoms with Crippen LogP contribution in [0, 0.1) is 6.92 Å². The second kappa shape index (κ2) is 9.32. The summed E-state index contributed by atoms with van der Waals surface area (Å²) in [7, 11) is 0. The lowest BCUT2D eigenvalue weighted by molar-refractivity contribution is 1.18. The van der Waals surface area contributed by atoms with Crippen LogP contribution < -0.4 is 0 Å². The van der Waals surface area contributed by atoms with E-state index in [1.165, 1.54) is 38.6 Å². The SMILES string of the molecule is C=C/C(=C\C)c1ccc2c(c1)c1ccccc1n2-c1ccccc1.Cc1ccccc1. The largest absolute Gasteiger partial charge is 0.309 e. The molecule has 0 N–H and O–H groups in total. The van der Waals surface area contributed by atoms with E-state index in [0.29, 0.717) is 0 Å². The van der Waals surface area contributed by atoms with Crippen LogP contribution in [0.1, 0.15) is 18.1 Å². The normalized spacial score (nSPS) is 11.2. The summed E-state index contributed by atoms with van der Waals surface area (Å²) in [5, 5.41) is 2.55. The van der Waals surface area contributed by atoms with Gasteiger partial charge in [0.2, 0.25) is 0 Å². The Morgan fingerprint density at radius 2 is 1.32 bits per heavy atom. The van der Waals surface area contributed by atoms with E-state index >= 15 is 0 Å². The molecule has 0 aliphatic rings. The average molecular weight is 402 g/mol. The standard InChI is InChI=1S/C23H19N.C7H8/c1-3-17(4-2)18-14-15-23-21(16-18)20-12-8-9-13-22(20)24(23)19-10-6-5-7-11-19;1-7-5-3-2-4-6-7/h3-16H,1H2,2H3;2-6H,1H3/b17-4+;. The summed E-state index contributed by atoms with van der Waals surface area (Å²) in [6, 6.07) is 36.0. The Balaban J connectivity index is 0.000000282. The van der Waals surface area contributed by atoms with Crippen LogP contribution in [0.15, 0.2) is 122 Å². The second-order valence-corrected chi connectivity index (χ2v) is 7.52. The zero-order chi connectivity index (χ0) is 21.6. The van der Waals surface area contributed by atoms with Crippen LogP contribution in [0.2, 0.25) is 0 Å². The van der Waals surface area contributed by atoms with E-state index in [9.17, 15) is 0 Å². The molecular formula is C30H27N. The average Bonchev–Trinajstić information content (AvgIpc) is 3.15. The minimum atomic E-state index is 1.16. The van der Waals surface area contributed by atoms with Gasteiger partial charge in [-0.25, -0.2) is 0 Å². The van der Waals surface area contributed by atoms with Gasteiger partial charge < -0.3 is 4.57 Å². The van der Waals surface area contributed by atoms with Crippen molar-refractivity contribution in [2.24, 2.45) is 0 Å². The number of nitrogens with zero attached hydrogens (tertiary/aromatic N) is 1. The molecule has 0 bridgehead atoms. The van der Waals surface area contributed by atoms with Crippen molar-refractivity contribution in [2.45, 2.75) is 13.8 Å². The summed E-state index contributed by atoms with van der Waals surface area (Å²) >= 11 is 0. The van der Waals surface area contributed by atoms with E-state index in [4.69, 9.17) is 0 Å². The monoisotopic (exact) mass is 401 g/mol. The molecule has 4 aromatic carbocycles. The van der Waals surface area contributed by atoms with Crippen LogP contribution in [0.5, 0.6) is 0 Å². The summed E-state index contributed by atoms with van der Waals surface area (Å²) in [4.78, 5) is 0. The zero-order valence-electron chi connectivity index (χ0n) is 18.1. The van der Waals surface area contributed by atoms with Crippen molar-refractivity contribution in [1.29, 1.82) is 0 Å². The van der Waals surface area contributed by atoms with Gasteiger partial charge in [-0.2, -0.15) is 0 Å². The van der Waals surface area contributed by atoms with Gasteiger partial charge in [-0.1, -0.05) is 97.1 Å². The van der Waals surface area contributed by atoms with Gasteiger partial charge in [-0.3, -0.25) is 0 Å². The predicted octanol–water partition coefficient (Wildman–Crippen LogP) is 8.37. The van der Waals surface area contributed by atoms with E-state index in [1.54, 1.807) is 0 Å². The number of hydrogen-bond acceptors (Lipinski definition) is 0. The number of aryl methyl sites for hydroxylation is 1. The van der Waals surface area contributed by atoms with Gasteiger partial charge in [0.15, 0.2) is 0 Å². The van der Waals surface area contributed by atoms with E-state index in [-0.39, 0.29) is 0 Å². The first kappa shape index (κ1) is 20.4. The molecular weight excluding hydrogens is 374 g/mol. The molecule has 0 saturated heterocycles. The Hall–Kier alpha value is -3.84. The van der Waals surface area contributed by atoms with Gasteiger partial charge in [-0.15, -0.1) is 0 Å². The first-order chi connectivity index (χ1) is 15.2.